The number of nitrogens with one attached hydrogen (secondary N) is 2. The molecule has 142 valence electrons. The molecule has 0 aliphatic carbocycles. The van der Waals surface area contributed by atoms with E-state index in [1.807, 2.05) is 13.8 Å². The van der Waals surface area contributed by atoms with E-state index in [0.29, 0.717) is 13.2 Å². The predicted octanol–water partition coefficient (Wildman–Crippen LogP) is 1.80. The van der Waals surface area contributed by atoms with E-state index < -0.39 is 10.0 Å². The SMILES string of the molecule is COC[C@H](C)NC(=O)COc1ccc(S(=O)(=O)NCC(C)C)cc1Cl. The molecule has 9 heteroatoms. The number of amides is 1. The Bertz CT molecular complexity index is 679. The highest BCUT2D eigenvalue weighted by Gasteiger charge is 2.17. The molecule has 0 heterocycles. The van der Waals surface area contributed by atoms with Crippen molar-refractivity contribution in [3.05, 3.63) is 23.2 Å². The largest absolute Gasteiger partial charge is 0.482 e. The predicted molar refractivity (Wildman–Crippen MR) is 96.5 cm³/mol. The third-order valence-electron chi connectivity index (χ3n) is 3.08. The Labute approximate surface area is 154 Å². The Morgan fingerprint density at radius 2 is 1.96 bits per heavy atom. The Hall–Kier alpha value is -1.35. The second kappa shape index (κ2) is 9.96. The molecule has 1 rings (SSSR count). The van der Waals surface area contributed by atoms with Gasteiger partial charge in [-0.15, -0.1) is 0 Å². The number of ether oxygens (including phenoxy) is 2. The Morgan fingerprint density at radius 3 is 2.52 bits per heavy atom. The number of carbonyl (C=O) groups excluding carboxylic acids is 1. The van der Waals surface area contributed by atoms with Crippen LogP contribution in [0.25, 0.3) is 0 Å². The summed E-state index contributed by atoms with van der Waals surface area (Å²) in [4.78, 5) is 11.8. The van der Waals surface area contributed by atoms with Crippen molar-refractivity contribution < 1.29 is 22.7 Å². The first kappa shape index (κ1) is 21.7. The van der Waals surface area contributed by atoms with Crippen LogP contribution >= 0.6 is 11.6 Å². The van der Waals surface area contributed by atoms with E-state index in [1.165, 1.54) is 18.2 Å². The number of rotatable bonds is 10. The minimum Gasteiger partial charge on any atom is -0.482 e. The van der Waals surface area contributed by atoms with Gasteiger partial charge in [0.05, 0.1) is 16.5 Å². The van der Waals surface area contributed by atoms with E-state index in [0.717, 1.165) is 0 Å². The van der Waals surface area contributed by atoms with Gasteiger partial charge >= 0.3 is 0 Å². The minimum atomic E-state index is -3.63. The fourth-order valence-electron chi connectivity index (χ4n) is 1.88. The average Bonchev–Trinajstić information content (AvgIpc) is 2.52. The van der Waals surface area contributed by atoms with Gasteiger partial charge in [0.1, 0.15) is 5.75 Å². The lowest BCUT2D eigenvalue weighted by molar-refractivity contribution is -0.124. The lowest BCUT2D eigenvalue weighted by atomic mass is 10.2. The standard InChI is InChI=1S/C16H25ClN2O5S/c1-11(2)8-18-25(21,22)13-5-6-15(14(17)7-13)24-10-16(20)19-12(3)9-23-4/h5-7,11-12,18H,8-10H2,1-4H3,(H,19,20)/t12-/m0/s1. The van der Waals surface area contributed by atoms with Gasteiger partial charge in [0, 0.05) is 19.7 Å². The van der Waals surface area contributed by atoms with Crippen LogP contribution in [0.1, 0.15) is 20.8 Å². The molecule has 0 radical (unpaired) electrons. The number of carbonyl (C=O) groups is 1. The van der Waals surface area contributed by atoms with Gasteiger partial charge in [-0.25, -0.2) is 13.1 Å². The molecule has 1 aromatic rings. The molecule has 0 aromatic heterocycles. The van der Waals surface area contributed by atoms with Crippen LogP contribution in [0.4, 0.5) is 0 Å². The van der Waals surface area contributed by atoms with Crippen LogP contribution in [-0.4, -0.2) is 47.2 Å². The number of sulfonamides is 1. The fraction of sp³-hybridized carbons (Fsp3) is 0.562. The summed E-state index contributed by atoms with van der Waals surface area (Å²) in [5.41, 5.74) is 0. The van der Waals surface area contributed by atoms with E-state index >= 15 is 0 Å². The second-order valence-electron chi connectivity index (χ2n) is 6.05. The highest BCUT2D eigenvalue weighted by Crippen LogP contribution is 2.27. The third kappa shape index (κ3) is 7.60. The minimum absolute atomic E-state index is 0.0451. The van der Waals surface area contributed by atoms with Gasteiger partial charge in [0.25, 0.3) is 5.91 Å². The molecule has 0 fully saturated rings. The summed E-state index contributed by atoms with van der Waals surface area (Å²) in [6, 6.07) is 3.97. The molecule has 0 saturated carbocycles. The molecule has 0 spiro atoms. The summed E-state index contributed by atoms with van der Waals surface area (Å²) in [5.74, 6) is 0.0989. The zero-order chi connectivity index (χ0) is 19.0. The van der Waals surface area contributed by atoms with Crippen LogP contribution in [0.3, 0.4) is 0 Å². The van der Waals surface area contributed by atoms with Crippen molar-refractivity contribution in [1.82, 2.24) is 10.0 Å². The molecule has 0 aliphatic rings. The van der Waals surface area contributed by atoms with Crippen LogP contribution in [0.2, 0.25) is 5.02 Å². The van der Waals surface area contributed by atoms with Crippen LogP contribution in [0.15, 0.2) is 23.1 Å². The quantitative estimate of drug-likeness (QED) is 0.633. The molecule has 0 aliphatic heterocycles. The summed E-state index contributed by atoms with van der Waals surface area (Å²) in [7, 11) is -2.09. The molecule has 25 heavy (non-hydrogen) atoms. The first-order valence-electron chi connectivity index (χ1n) is 7.86. The van der Waals surface area contributed by atoms with Gasteiger partial charge in [-0.3, -0.25) is 4.79 Å². The Kier molecular flexibility index (Phi) is 8.64. The highest BCUT2D eigenvalue weighted by atomic mass is 35.5. The Morgan fingerprint density at radius 1 is 1.28 bits per heavy atom. The lowest BCUT2D eigenvalue weighted by Crippen LogP contribution is -2.38. The summed E-state index contributed by atoms with van der Waals surface area (Å²) < 4.78 is 37.1. The smallest absolute Gasteiger partial charge is 0.258 e. The van der Waals surface area contributed by atoms with Crippen molar-refractivity contribution in [3.8, 4) is 5.75 Å². The van der Waals surface area contributed by atoms with Crippen LogP contribution < -0.4 is 14.8 Å². The van der Waals surface area contributed by atoms with Crippen LogP contribution in [0, 0.1) is 5.92 Å². The molecule has 0 unspecified atom stereocenters. The van der Waals surface area contributed by atoms with E-state index in [1.54, 1.807) is 14.0 Å². The van der Waals surface area contributed by atoms with Crippen LogP contribution in [-0.2, 0) is 19.6 Å². The molecule has 2 N–H and O–H groups in total. The topological polar surface area (TPSA) is 93.7 Å². The van der Waals surface area contributed by atoms with Gasteiger partial charge in [-0.1, -0.05) is 25.4 Å². The summed E-state index contributed by atoms with van der Waals surface area (Å²) in [5, 5.41) is 2.81. The van der Waals surface area contributed by atoms with E-state index in [4.69, 9.17) is 21.1 Å². The monoisotopic (exact) mass is 392 g/mol. The van der Waals surface area contributed by atoms with Gasteiger partial charge < -0.3 is 14.8 Å². The normalized spacial score (nSPS) is 12.9. The third-order valence-corrected chi connectivity index (χ3v) is 4.79. The fourth-order valence-corrected chi connectivity index (χ4v) is 3.42. The molecule has 1 atom stereocenters. The summed E-state index contributed by atoms with van der Waals surface area (Å²) in [6.45, 7) is 6.11. The highest BCUT2D eigenvalue weighted by molar-refractivity contribution is 7.89. The molecule has 0 saturated heterocycles. The molecule has 0 bridgehead atoms. The molecule has 1 aromatic carbocycles. The molecule has 1 amide bonds. The van der Waals surface area contributed by atoms with Gasteiger partial charge in [-0.05, 0) is 31.0 Å². The maximum absolute atomic E-state index is 12.2. The first-order valence-corrected chi connectivity index (χ1v) is 9.72. The Balaban J connectivity index is 2.68. The van der Waals surface area contributed by atoms with Crippen molar-refractivity contribution in [2.24, 2.45) is 5.92 Å². The van der Waals surface area contributed by atoms with Gasteiger partial charge in [0.2, 0.25) is 10.0 Å². The molecular weight excluding hydrogens is 368 g/mol. The number of hydrogen-bond donors (Lipinski definition) is 2. The van der Waals surface area contributed by atoms with Crippen LogP contribution in [0.5, 0.6) is 5.75 Å². The van der Waals surface area contributed by atoms with Gasteiger partial charge in [-0.2, -0.15) is 0 Å². The maximum atomic E-state index is 12.2. The first-order chi connectivity index (χ1) is 11.7. The molecule has 7 nitrogen and oxygen atoms in total. The average molecular weight is 393 g/mol. The van der Waals surface area contributed by atoms with E-state index in [9.17, 15) is 13.2 Å². The summed E-state index contributed by atoms with van der Waals surface area (Å²) in [6.07, 6.45) is 0. The zero-order valence-corrected chi connectivity index (χ0v) is 16.4. The molecular formula is C16H25ClN2O5S. The maximum Gasteiger partial charge on any atom is 0.258 e. The summed E-state index contributed by atoms with van der Waals surface area (Å²) >= 11 is 6.07. The lowest BCUT2D eigenvalue weighted by Gasteiger charge is -2.14. The van der Waals surface area contributed by atoms with Crippen molar-refractivity contribution in [3.63, 3.8) is 0 Å². The zero-order valence-electron chi connectivity index (χ0n) is 14.8. The van der Waals surface area contributed by atoms with Crippen molar-refractivity contribution >= 4 is 27.5 Å². The van der Waals surface area contributed by atoms with Gasteiger partial charge in [0.15, 0.2) is 6.61 Å². The van der Waals surface area contributed by atoms with E-state index in [2.05, 4.69) is 10.0 Å². The van der Waals surface area contributed by atoms with E-state index in [-0.39, 0.29) is 40.1 Å². The number of methoxy groups -OCH3 is 1. The second-order valence-corrected chi connectivity index (χ2v) is 8.22. The number of benzene rings is 1. The number of hydrogen-bond acceptors (Lipinski definition) is 5. The van der Waals surface area contributed by atoms with Crippen molar-refractivity contribution in [2.75, 3.05) is 26.9 Å². The van der Waals surface area contributed by atoms with Crippen molar-refractivity contribution in [2.45, 2.75) is 31.7 Å². The number of halogens is 1. The van der Waals surface area contributed by atoms with Crippen molar-refractivity contribution in [1.29, 1.82) is 0 Å².